The van der Waals surface area contributed by atoms with Gasteiger partial charge in [0.1, 0.15) is 5.82 Å². The Morgan fingerprint density at radius 3 is 2.50 bits per heavy atom. The van der Waals surface area contributed by atoms with E-state index in [4.69, 9.17) is 22.1 Å². The number of hydrogen-bond donors (Lipinski definition) is 1. The number of nitrogens with two attached hydrogens (primary N) is 1. The molecule has 0 saturated heterocycles. The molecule has 0 aliphatic rings. The molecule has 0 atom stereocenters. The Kier molecular flexibility index (Phi) is 4.18. The van der Waals surface area contributed by atoms with Gasteiger partial charge in [0.15, 0.2) is 0 Å². The Bertz CT molecular complexity index is 528. The molecule has 0 fully saturated rings. The van der Waals surface area contributed by atoms with Gasteiger partial charge in [-0.25, -0.2) is 4.39 Å². The fraction of sp³-hybridized carbons (Fsp3) is 0.143. The smallest absolute Gasteiger partial charge is 0.142 e. The van der Waals surface area contributed by atoms with Crippen LogP contribution >= 0.6 is 11.6 Å². The number of halogens is 2. The minimum Gasteiger partial charge on any atom is -0.399 e. The van der Waals surface area contributed by atoms with E-state index >= 15 is 0 Å². The molecule has 2 aromatic carbocycles. The lowest BCUT2D eigenvalue weighted by Crippen LogP contribution is -1.96. The molecule has 4 heteroatoms. The highest BCUT2D eigenvalue weighted by Gasteiger charge is 2.05. The van der Waals surface area contributed by atoms with Crippen LogP contribution < -0.4 is 5.73 Å². The first-order valence-electron chi connectivity index (χ1n) is 5.52. The van der Waals surface area contributed by atoms with Crippen LogP contribution in [-0.2, 0) is 18.0 Å². The molecule has 0 aromatic heterocycles. The maximum atomic E-state index is 13.2. The number of rotatable bonds is 4. The van der Waals surface area contributed by atoms with Gasteiger partial charge in [-0.15, -0.1) is 0 Å². The van der Waals surface area contributed by atoms with Crippen molar-refractivity contribution < 1.29 is 9.13 Å². The molecule has 0 unspecified atom stereocenters. The Labute approximate surface area is 110 Å². The molecule has 0 heterocycles. The van der Waals surface area contributed by atoms with Crippen LogP contribution in [0.2, 0.25) is 5.02 Å². The van der Waals surface area contributed by atoms with Crippen LogP contribution in [0.25, 0.3) is 0 Å². The lowest BCUT2D eigenvalue weighted by atomic mass is 10.2. The highest BCUT2D eigenvalue weighted by molar-refractivity contribution is 6.31. The molecule has 0 aliphatic heterocycles. The fourth-order valence-electron chi connectivity index (χ4n) is 1.55. The quantitative estimate of drug-likeness (QED) is 0.854. The van der Waals surface area contributed by atoms with E-state index < -0.39 is 5.82 Å². The van der Waals surface area contributed by atoms with Gasteiger partial charge in [0.05, 0.1) is 18.2 Å². The summed E-state index contributed by atoms with van der Waals surface area (Å²) in [5, 5.41) is 0.120. The Morgan fingerprint density at radius 2 is 1.78 bits per heavy atom. The zero-order valence-corrected chi connectivity index (χ0v) is 10.5. The number of ether oxygens (including phenoxy) is 1. The number of nitrogen functional groups attached to an aromatic ring is 1. The monoisotopic (exact) mass is 265 g/mol. The molecule has 0 aliphatic carbocycles. The average molecular weight is 266 g/mol. The second-order valence-electron chi connectivity index (χ2n) is 3.95. The van der Waals surface area contributed by atoms with Crippen LogP contribution in [0, 0.1) is 5.82 Å². The standard InChI is InChI=1S/C14H13ClFNO/c15-14-11(2-1-3-13(14)16)9-18-8-10-4-6-12(17)7-5-10/h1-7H,8-9,17H2. The molecule has 0 radical (unpaired) electrons. The van der Waals surface area contributed by atoms with Crippen LogP contribution in [0.15, 0.2) is 42.5 Å². The van der Waals surface area contributed by atoms with Crippen molar-refractivity contribution in [3.63, 3.8) is 0 Å². The molecule has 0 bridgehead atoms. The normalized spacial score (nSPS) is 10.6. The van der Waals surface area contributed by atoms with E-state index in [9.17, 15) is 4.39 Å². The van der Waals surface area contributed by atoms with Gasteiger partial charge in [0, 0.05) is 5.69 Å². The van der Waals surface area contributed by atoms with E-state index in [1.807, 2.05) is 24.3 Å². The Balaban J connectivity index is 1.92. The van der Waals surface area contributed by atoms with Crippen molar-refractivity contribution in [2.75, 3.05) is 5.73 Å². The van der Waals surface area contributed by atoms with E-state index in [-0.39, 0.29) is 11.6 Å². The van der Waals surface area contributed by atoms with Gasteiger partial charge in [-0.1, -0.05) is 35.9 Å². The predicted octanol–water partition coefficient (Wildman–Crippen LogP) is 3.78. The SMILES string of the molecule is Nc1ccc(COCc2cccc(F)c2Cl)cc1. The van der Waals surface area contributed by atoms with Crippen LogP contribution in [0.4, 0.5) is 10.1 Å². The van der Waals surface area contributed by atoms with E-state index in [2.05, 4.69) is 0 Å². The fourth-order valence-corrected chi connectivity index (χ4v) is 1.73. The van der Waals surface area contributed by atoms with Crippen LogP contribution in [0.1, 0.15) is 11.1 Å². The highest BCUT2D eigenvalue weighted by Crippen LogP contribution is 2.20. The van der Waals surface area contributed by atoms with Gasteiger partial charge >= 0.3 is 0 Å². The first kappa shape index (κ1) is 12.9. The van der Waals surface area contributed by atoms with Gasteiger partial charge in [-0.2, -0.15) is 0 Å². The molecule has 2 nitrogen and oxygen atoms in total. The van der Waals surface area contributed by atoms with Crippen molar-refractivity contribution in [3.8, 4) is 0 Å². The van der Waals surface area contributed by atoms with Crippen molar-refractivity contribution in [2.24, 2.45) is 0 Å². The molecule has 2 aromatic rings. The number of anilines is 1. The Hall–Kier alpha value is -1.58. The van der Waals surface area contributed by atoms with Gasteiger partial charge < -0.3 is 10.5 Å². The summed E-state index contributed by atoms with van der Waals surface area (Å²) >= 11 is 5.82. The van der Waals surface area contributed by atoms with Gasteiger partial charge in [0.2, 0.25) is 0 Å². The predicted molar refractivity (Wildman–Crippen MR) is 70.8 cm³/mol. The number of benzene rings is 2. The third-order valence-corrected chi connectivity index (χ3v) is 2.96. The molecular formula is C14H13ClFNO. The summed E-state index contributed by atoms with van der Waals surface area (Å²) in [4.78, 5) is 0. The van der Waals surface area contributed by atoms with Crippen molar-refractivity contribution in [1.82, 2.24) is 0 Å². The highest BCUT2D eigenvalue weighted by atomic mass is 35.5. The van der Waals surface area contributed by atoms with E-state index in [0.717, 1.165) is 5.56 Å². The second kappa shape index (κ2) is 5.85. The largest absolute Gasteiger partial charge is 0.399 e. The summed E-state index contributed by atoms with van der Waals surface area (Å²) in [6, 6.07) is 12.1. The molecule has 18 heavy (non-hydrogen) atoms. The first-order valence-corrected chi connectivity index (χ1v) is 5.89. The minimum atomic E-state index is -0.426. The van der Waals surface area contributed by atoms with Crippen LogP contribution in [-0.4, -0.2) is 0 Å². The summed E-state index contributed by atoms with van der Waals surface area (Å²) in [6.07, 6.45) is 0. The van der Waals surface area contributed by atoms with Crippen LogP contribution in [0.3, 0.4) is 0 Å². The molecule has 0 spiro atoms. The van der Waals surface area contributed by atoms with E-state index in [1.165, 1.54) is 6.07 Å². The first-order chi connectivity index (χ1) is 8.66. The van der Waals surface area contributed by atoms with Gasteiger partial charge in [-0.05, 0) is 29.3 Å². The summed E-state index contributed by atoms with van der Waals surface area (Å²) < 4.78 is 18.7. The maximum absolute atomic E-state index is 13.2. The third-order valence-electron chi connectivity index (χ3n) is 2.54. The minimum absolute atomic E-state index is 0.120. The molecule has 2 N–H and O–H groups in total. The Morgan fingerprint density at radius 1 is 1.06 bits per heavy atom. The van der Waals surface area contributed by atoms with Gasteiger partial charge in [0.25, 0.3) is 0 Å². The summed E-state index contributed by atoms with van der Waals surface area (Å²) in [5.74, 6) is -0.426. The van der Waals surface area contributed by atoms with E-state index in [1.54, 1.807) is 12.1 Å². The molecule has 0 saturated carbocycles. The van der Waals surface area contributed by atoms with Crippen molar-refractivity contribution in [1.29, 1.82) is 0 Å². The summed E-state index contributed by atoms with van der Waals surface area (Å²) in [5.41, 5.74) is 7.95. The lowest BCUT2D eigenvalue weighted by molar-refractivity contribution is 0.107. The maximum Gasteiger partial charge on any atom is 0.142 e. The molecule has 0 amide bonds. The van der Waals surface area contributed by atoms with Crippen molar-refractivity contribution in [2.45, 2.75) is 13.2 Å². The average Bonchev–Trinajstić information content (AvgIpc) is 2.37. The second-order valence-corrected chi connectivity index (χ2v) is 4.33. The zero-order valence-electron chi connectivity index (χ0n) is 9.70. The molecule has 2 rings (SSSR count). The van der Waals surface area contributed by atoms with Gasteiger partial charge in [-0.3, -0.25) is 0 Å². The van der Waals surface area contributed by atoms with Crippen LogP contribution in [0.5, 0.6) is 0 Å². The third kappa shape index (κ3) is 3.22. The zero-order chi connectivity index (χ0) is 13.0. The van der Waals surface area contributed by atoms with E-state index in [0.29, 0.717) is 17.9 Å². The lowest BCUT2D eigenvalue weighted by Gasteiger charge is -2.07. The topological polar surface area (TPSA) is 35.2 Å². The number of hydrogen-bond acceptors (Lipinski definition) is 2. The van der Waals surface area contributed by atoms with Crippen molar-refractivity contribution >= 4 is 17.3 Å². The summed E-state index contributed by atoms with van der Waals surface area (Å²) in [7, 11) is 0. The van der Waals surface area contributed by atoms with Crippen molar-refractivity contribution in [3.05, 3.63) is 64.4 Å². The molecule has 94 valence electrons. The summed E-state index contributed by atoms with van der Waals surface area (Å²) in [6.45, 7) is 0.716. The molecular weight excluding hydrogens is 253 g/mol.